The number of anilines is 1. The van der Waals surface area contributed by atoms with Crippen molar-refractivity contribution in [3.63, 3.8) is 0 Å². The van der Waals surface area contributed by atoms with Gasteiger partial charge in [-0.2, -0.15) is 10.2 Å². The normalized spacial score (nSPS) is 10.7. The number of nitrogens with zero attached hydrogens (tertiary/aromatic N) is 2. The summed E-state index contributed by atoms with van der Waals surface area (Å²) in [7, 11) is 0. The summed E-state index contributed by atoms with van der Waals surface area (Å²) in [5.41, 5.74) is 0.353. The SMILES string of the molecule is O=C(Nc1ccn[nH]1)c1[nH]nc2c(F)cccc12. The van der Waals surface area contributed by atoms with Gasteiger partial charge in [-0.15, -0.1) is 0 Å². The van der Waals surface area contributed by atoms with Gasteiger partial charge in [0, 0.05) is 11.5 Å². The highest BCUT2D eigenvalue weighted by Gasteiger charge is 2.15. The molecular formula is C11H8FN5O. The summed E-state index contributed by atoms with van der Waals surface area (Å²) in [5.74, 6) is -0.421. The predicted octanol–water partition coefficient (Wildman–Crippen LogP) is 1.68. The van der Waals surface area contributed by atoms with E-state index in [1.54, 1.807) is 12.1 Å². The van der Waals surface area contributed by atoms with Crippen molar-refractivity contribution in [2.45, 2.75) is 0 Å². The Bertz CT molecular complexity index is 703. The Labute approximate surface area is 100 Å². The maximum atomic E-state index is 13.4. The van der Waals surface area contributed by atoms with Gasteiger partial charge in [0.25, 0.3) is 5.91 Å². The lowest BCUT2D eigenvalue weighted by Crippen LogP contribution is -2.13. The third-order valence-electron chi connectivity index (χ3n) is 2.51. The number of halogens is 1. The topological polar surface area (TPSA) is 86.5 Å². The van der Waals surface area contributed by atoms with Crippen molar-refractivity contribution in [2.24, 2.45) is 0 Å². The van der Waals surface area contributed by atoms with Crippen LogP contribution in [0.15, 0.2) is 30.5 Å². The third-order valence-corrected chi connectivity index (χ3v) is 2.51. The summed E-state index contributed by atoms with van der Waals surface area (Å²) in [6, 6.07) is 6.06. The van der Waals surface area contributed by atoms with Gasteiger partial charge in [-0.05, 0) is 6.07 Å². The number of hydrogen-bond acceptors (Lipinski definition) is 3. The highest BCUT2D eigenvalue weighted by atomic mass is 19.1. The van der Waals surface area contributed by atoms with Gasteiger partial charge in [0.1, 0.15) is 17.0 Å². The molecule has 0 saturated carbocycles. The second kappa shape index (κ2) is 3.95. The van der Waals surface area contributed by atoms with Gasteiger partial charge in [-0.3, -0.25) is 15.0 Å². The van der Waals surface area contributed by atoms with E-state index in [4.69, 9.17) is 0 Å². The second-order valence-corrected chi connectivity index (χ2v) is 3.66. The molecule has 0 unspecified atom stereocenters. The van der Waals surface area contributed by atoms with Gasteiger partial charge < -0.3 is 5.32 Å². The fourth-order valence-electron chi connectivity index (χ4n) is 1.69. The number of nitrogens with one attached hydrogen (secondary N) is 3. The van der Waals surface area contributed by atoms with E-state index in [0.29, 0.717) is 11.2 Å². The molecule has 3 rings (SSSR count). The zero-order chi connectivity index (χ0) is 12.5. The second-order valence-electron chi connectivity index (χ2n) is 3.66. The van der Waals surface area contributed by atoms with E-state index in [2.05, 4.69) is 25.7 Å². The third kappa shape index (κ3) is 1.61. The van der Waals surface area contributed by atoms with Gasteiger partial charge >= 0.3 is 0 Å². The Balaban J connectivity index is 1.99. The molecule has 0 atom stereocenters. The van der Waals surface area contributed by atoms with Crippen molar-refractivity contribution >= 4 is 22.6 Å². The van der Waals surface area contributed by atoms with E-state index in [1.807, 2.05) is 0 Å². The number of aromatic amines is 2. The van der Waals surface area contributed by atoms with Gasteiger partial charge in [0.15, 0.2) is 5.82 Å². The maximum absolute atomic E-state index is 13.4. The van der Waals surface area contributed by atoms with Crippen molar-refractivity contribution in [3.05, 3.63) is 42.0 Å². The van der Waals surface area contributed by atoms with Crippen LogP contribution in [-0.4, -0.2) is 26.3 Å². The Morgan fingerprint density at radius 2 is 2.17 bits per heavy atom. The Kier molecular flexibility index (Phi) is 2.30. The lowest BCUT2D eigenvalue weighted by atomic mass is 10.2. The van der Waals surface area contributed by atoms with Crippen LogP contribution in [0.25, 0.3) is 10.9 Å². The van der Waals surface area contributed by atoms with Crippen LogP contribution in [0.1, 0.15) is 10.5 Å². The van der Waals surface area contributed by atoms with Gasteiger partial charge in [0.2, 0.25) is 0 Å². The van der Waals surface area contributed by atoms with E-state index >= 15 is 0 Å². The minimum Gasteiger partial charge on any atom is -0.306 e. The first-order chi connectivity index (χ1) is 8.75. The fourth-order valence-corrected chi connectivity index (χ4v) is 1.69. The number of carbonyl (C=O) groups is 1. The molecule has 0 saturated heterocycles. The number of fused-ring (bicyclic) bond motifs is 1. The molecule has 6 nitrogen and oxygen atoms in total. The number of H-pyrrole nitrogens is 2. The average Bonchev–Trinajstić information content (AvgIpc) is 2.98. The molecule has 3 N–H and O–H groups in total. The molecule has 18 heavy (non-hydrogen) atoms. The van der Waals surface area contributed by atoms with E-state index in [9.17, 15) is 9.18 Å². The Hall–Kier alpha value is -2.70. The Morgan fingerprint density at radius 1 is 1.28 bits per heavy atom. The largest absolute Gasteiger partial charge is 0.306 e. The molecule has 0 aliphatic heterocycles. The predicted molar refractivity (Wildman–Crippen MR) is 62.6 cm³/mol. The van der Waals surface area contributed by atoms with Gasteiger partial charge in [-0.25, -0.2) is 4.39 Å². The minimum atomic E-state index is -0.468. The van der Waals surface area contributed by atoms with Crippen molar-refractivity contribution in [1.29, 1.82) is 0 Å². The van der Waals surface area contributed by atoms with Crippen molar-refractivity contribution < 1.29 is 9.18 Å². The van der Waals surface area contributed by atoms with Crippen molar-refractivity contribution in [2.75, 3.05) is 5.32 Å². The number of rotatable bonds is 2. The van der Waals surface area contributed by atoms with E-state index in [1.165, 1.54) is 18.3 Å². The average molecular weight is 245 g/mol. The summed E-state index contributed by atoms with van der Waals surface area (Å²) in [6.45, 7) is 0. The molecule has 0 aliphatic carbocycles. The lowest BCUT2D eigenvalue weighted by molar-refractivity contribution is 0.102. The van der Waals surface area contributed by atoms with Gasteiger partial charge in [0.05, 0.1) is 6.20 Å². The smallest absolute Gasteiger partial charge is 0.275 e. The summed E-state index contributed by atoms with van der Waals surface area (Å²) < 4.78 is 13.4. The van der Waals surface area contributed by atoms with Gasteiger partial charge in [-0.1, -0.05) is 12.1 Å². The summed E-state index contributed by atoms with van der Waals surface area (Å²) in [4.78, 5) is 11.9. The Morgan fingerprint density at radius 3 is 2.94 bits per heavy atom. The molecule has 2 heterocycles. The monoisotopic (exact) mass is 245 g/mol. The zero-order valence-corrected chi connectivity index (χ0v) is 9.07. The van der Waals surface area contributed by atoms with E-state index in [-0.39, 0.29) is 11.2 Å². The highest BCUT2D eigenvalue weighted by molar-refractivity contribution is 6.10. The van der Waals surface area contributed by atoms with Crippen LogP contribution in [0.2, 0.25) is 0 Å². The number of hydrogen-bond donors (Lipinski definition) is 3. The highest BCUT2D eigenvalue weighted by Crippen LogP contribution is 2.19. The molecule has 0 radical (unpaired) electrons. The fraction of sp³-hybridized carbons (Fsp3) is 0. The number of carbonyl (C=O) groups excluding carboxylic acids is 1. The molecule has 2 aromatic heterocycles. The molecule has 7 heteroatoms. The molecule has 1 amide bonds. The molecule has 0 fully saturated rings. The van der Waals surface area contributed by atoms with Crippen LogP contribution < -0.4 is 5.32 Å². The zero-order valence-electron chi connectivity index (χ0n) is 9.07. The van der Waals surface area contributed by atoms with Crippen LogP contribution in [0.3, 0.4) is 0 Å². The molecule has 0 aliphatic rings. The molecule has 90 valence electrons. The number of aromatic nitrogens is 4. The summed E-state index contributed by atoms with van der Waals surface area (Å²) >= 11 is 0. The summed E-state index contributed by atoms with van der Waals surface area (Å²) in [5, 5.41) is 15.6. The van der Waals surface area contributed by atoms with E-state index < -0.39 is 11.7 Å². The van der Waals surface area contributed by atoms with Crippen LogP contribution in [0.5, 0.6) is 0 Å². The lowest BCUT2D eigenvalue weighted by Gasteiger charge is -1.99. The maximum Gasteiger partial charge on any atom is 0.275 e. The van der Waals surface area contributed by atoms with E-state index in [0.717, 1.165) is 0 Å². The van der Waals surface area contributed by atoms with Crippen LogP contribution >= 0.6 is 0 Å². The summed E-state index contributed by atoms with van der Waals surface area (Å²) in [6.07, 6.45) is 1.51. The number of amides is 1. The molecular weight excluding hydrogens is 237 g/mol. The first-order valence-electron chi connectivity index (χ1n) is 5.19. The minimum absolute atomic E-state index is 0.146. The standard InChI is InChI=1S/C11H8FN5O/c12-7-3-1-2-6-9(7)16-17-10(6)11(18)14-8-4-5-13-15-8/h1-5H,(H,16,17)(H2,13,14,15,18). The molecule has 3 aromatic rings. The van der Waals surface area contributed by atoms with Crippen molar-refractivity contribution in [1.82, 2.24) is 20.4 Å². The van der Waals surface area contributed by atoms with Crippen LogP contribution in [-0.2, 0) is 0 Å². The molecule has 0 spiro atoms. The molecule has 1 aromatic carbocycles. The van der Waals surface area contributed by atoms with Crippen LogP contribution in [0, 0.1) is 5.82 Å². The number of benzene rings is 1. The quantitative estimate of drug-likeness (QED) is 0.642. The molecule has 0 bridgehead atoms. The number of para-hydroxylation sites is 1. The first-order valence-corrected chi connectivity index (χ1v) is 5.19. The van der Waals surface area contributed by atoms with Crippen LogP contribution in [0.4, 0.5) is 10.2 Å². The first kappa shape index (κ1) is 10.5. The van der Waals surface area contributed by atoms with Crippen molar-refractivity contribution in [3.8, 4) is 0 Å².